The van der Waals surface area contributed by atoms with Gasteiger partial charge in [-0.3, -0.25) is 0 Å². The average Bonchev–Trinajstić information content (AvgIpc) is 2.80. The lowest BCUT2D eigenvalue weighted by Crippen LogP contribution is -2.49. The molecule has 180 valence electrons. The van der Waals surface area contributed by atoms with Gasteiger partial charge in [-0.2, -0.15) is 9.29 Å². The van der Waals surface area contributed by atoms with E-state index >= 15 is 0 Å². The topological polar surface area (TPSA) is 78.4 Å². The molecule has 0 bridgehead atoms. The molecule has 0 amide bonds. The lowest BCUT2D eigenvalue weighted by atomic mass is 9.87. The van der Waals surface area contributed by atoms with Gasteiger partial charge >= 0.3 is 0 Å². The van der Waals surface area contributed by atoms with Gasteiger partial charge in [0.2, 0.25) is 16.0 Å². The van der Waals surface area contributed by atoms with Gasteiger partial charge in [0.1, 0.15) is 5.82 Å². The maximum atomic E-state index is 13.2. The molecule has 1 saturated heterocycles. The van der Waals surface area contributed by atoms with Crippen LogP contribution in [0.25, 0.3) is 0 Å². The second kappa shape index (κ2) is 9.35. The van der Waals surface area contributed by atoms with Crippen molar-refractivity contribution in [2.75, 3.05) is 36.4 Å². The fourth-order valence-electron chi connectivity index (χ4n) is 3.97. The first-order valence-electron chi connectivity index (χ1n) is 11.6. The normalized spacial score (nSPS) is 15.4. The number of sulfonamides is 1. The van der Waals surface area contributed by atoms with Crippen LogP contribution in [0.3, 0.4) is 0 Å². The molecule has 3 aromatic rings. The monoisotopic (exact) mass is 479 g/mol. The lowest BCUT2D eigenvalue weighted by molar-refractivity contribution is 0.383. The predicted molar refractivity (Wildman–Crippen MR) is 137 cm³/mol. The van der Waals surface area contributed by atoms with E-state index in [9.17, 15) is 8.42 Å². The summed E-state index contributed by atoms with van der Waals surface area (Å²) in [5.41, 5.74) is 4.07. The van der Waals surface area contributed by atoms with Crippen LogP contribution in [0.5, 0.6) is 0 Å². The molecule has 0 aliphatic carbocycles. The van der Waals surface area contributed by atoms with E-state index in [1.807, 2.05) is 56.3 Å². The van der Waals surface area contributed by atoms with Crippen molar-refractivity contribution in [3.8, 4) is 0 Å². The molecular formula is C26H33N5O2S. The van der Waals surface area contributed by atoms with Crippen LogP contribution in [0, 0.1) is 13.8 Å². The molecule has 0 atom stereocenters. The number of rotatable bonds is 5. The molecule has 1 fully saturated rings. The summed E-state index contributed by atoms with van der Waals surface area (Å²) in [5.74, 6) is 1.33. The van der Waals surface area contributed by atoms with Gasteiger partial charge in [0, 0.05) is 43.6 Å². The van der Waals surface area contributed by atoms with Crippen LogP contribution in [-0.2, 0) is 15.4 Å². The second-order valence-corrected chi connectivity index (χ2v) is 11.8. The highest BCUT2D eigenvalue weighted by atomic mass is 32.2. The smallest absolute Gasteiger partial charge is 0.243 e. The predicted octanol–water partition coefficient (Wildman–Crippen LogP) is 4.65. The Bertz CT molecular complexity index is 1240. The Balaban J connectivity index is 1.45. The maximum Gasteiger partial charge on any atom is 0.243 e. The Kier molecular flexibility index (Phi) is 6.64. The Morgan fingerprint density at radius 1 is 0.853 bits per heavy atom. The Morgan fingerprint density at radius 2 is 1.47 bits per heavy atom. The molecule has 1 aromatic heterocycles. The molecule has 1 aliphatic rings. The van der Waals surface area contributed by atoms with Crippen molar-refractivity contribution in [2.24, 2.45) is 0 Å². The van der Waals surface area contributed by atoms with Gasteiger partial charge in [0.05, 0.1) is 4.90 Å². The highest BCUT2D eigenvalue weighted by Gasteiger charge is 2.29. The van der Waals surface area contributed by atoms with Gasteiger partial charge in [-0.15, -0.1) is 0 Å². The summed E-state index contributed by atoms with van der Waals surface area (Å²) >= 11 is 0. The maximum absolute atomic E-state index is 13.2. The third-order valence-electron chi connectivity index (χ3n) is 6.07. The Morgan fingerprint density at radius 3 is 2.06 bits per heavy atom. The molecular weight excluding hydrogens is 446 g/mol. The van der Waals surface area contributed by atoms with E-state index in [1.165, 1.54) is 5.56 Å². The third kappa shape index (κ3) is 5.39. The first kappa shape index (κ1) is 24.2. The van der Waals surface area contributed by atoms with Gasteiger partial charge < -0.3 is 10.2 Å². The van der Waals surface area contributed by atoms with Crippen molar-refractivity contribution in [3.05, 3.63) is 71.4 Å². The molecule has 1 aliphatic heterocycles. The number of nitrogens with one attached hydrogen (secondary N) is 1. The molecule has 4 rings (SSSR count). The summed E-state index contributed by atoms with van der Waals surface area (Å²) in [4.78, 5) is 11.7. The van der Waals surface area contributed by atoms with Crippen molar-refractivity contribution >= 4 is 27.5 Å². The number of aromatic nitrogens is 2. The van der Waals surface area contributed by atoms with Gasteiger partial charge in [0.15, 0.2) is 0 Å². The standard InChI is InChI=1S/C26H33N5O2S/c1-19-6-10-22(11-7-19)28-25-27-20(2)18-24(29-25)30-14-16-31(17-15-30)34(32,33)23-12-8-21(9-13-23)26(3,4)5/h6-13,18H,14-17H2,1-5H3,(H,27,28,29). The minimum Gasteiger partial charge on any atom is -0.354 e. The van der Waals surface area contributed by atoms with Crippen LogP contribution in [-0.4, -0.2) is 48.9 Å². The number of anilines is 3. The largest absolute Gasteiger partial charge is 0.354 e. The Hall–Kier alpha value is -2.97. The fraction of sp³-hybridized carbons (Fsp3) is 0.385. The summed E-state index contributed by atoms with van der Waals surface area (Å²) in [5, 5.41) is 3.27. The van der Waals surface area contributed by atoms with Gasteiger partial charge in [-0.1, -0.05) is 50.6 Å². The average molecular weight is 480 g/mol. The van der Waals surface area contributed by atoms with E-state index in [2.05, 4.69) is 41.0 Å². The van der Waals surface area contributed by atoms with E-state index in [-0.39, 0.29) is 5.41 Å². The first-order chi connectivity index (χ1) is 16.0. The zero-order chi connectivity index (χ0) is 24.5. The van der Waals surface area contributed by atoms with E-state index < -0.39 is 10.0 Å². The number of piperazine rings is 1. The van der Waals surface area contributed by atoms with Crippen LogP contribution in [0.4, 0.5) is 17.5 Å². The molecule has 8 heteroatoms. The van der Waals surface area contributed by atoms with Gasteiger partial charge in [-0.25, -0.2) is 13.4 Å². The van der Waals surface area contributed by atoms with E-state index in [0.717, 1.165) is 22.8 Å². The van der Waals surface area contributed by atoms with Crippen LogP contribution in [0.2, 0.25) is 0 Å². The zero-order valence-corrected chi connectivity index (χ0v) is 21.4. The van der Waals surface area contributed by atoms with E-state index in [0.29, 0.717) is 37.0 Å². The molecule has 0 radical (unpaired) electrons. The molecule has 2 heterocycles. The quantitative estimate of drug-likeness (QED) is 0.574. The van der Waals surface area contributed by atoms with Crippen LogP contribution in [0.15, 0.2) is 59.5 Å². The lowest BCUT2D eigenvalue weighted by Gasteiger charge is -2.35. The van der Waals surface area contributed by atoms with Gasteiger partial charge in [-0.05, 0) is 49.1 Å². The molecule has 0 spiro atoms. The molecule has 1 N–H and O–H groups in total. The highest BCUT2D eigenvalue weighted by molar-refractivity contribution is 7.89. The summed E-state index contributed by atoms with van der Waals surface area (Å²) < 4.78 is 28.0. The van der Waals surface area contributed by atoms with Gasteiger partial charge in [0.25, 0.3) is 0 Å². The van der Waals surface area contributed by atoms with Crippen molar-refractivity contribution in [3.63, 3.8) is 0 Å². The third-order valence-corrected chi connectivity index (χ3v) is 7.98. The summed E-state index contributed by atoms with van der Waals surface area (Å²) in [6, 6.07) is 17.3. The first-order valence-corrected chi connectivity index (χ1v) is 13.0. The molecule has 34 heavy (non-hydrogen) atoms. The summed E-state index contributed by atoms with van der Waals surface area (Å²) in [6.45, 7) is 12.3. The van der Waals surface area contributed by atoms with E-state index in [1.54, 1.807) is 16.4 Å². The number of nitrogens with zero attached hydrogens (tertiary/aromatic N) is 4. The summed E-state index contributed by atoms with van der Waals surface area (Å²) in [7, 11) is -3.53. The molecule has 0 saturated carbocycles. The van der Waals surface area contributed by atoms with Crippen molar-refractivity contribution in [1.82, 2.24) is 14.3 Å². The minimum atomic E-state index is -3.53. The summed E-state index contributed by atoms with van der Waals surface area (Å²) in [6.07, 6.45) is 0. The van der Waals surface area contributed by atoms with Crippen molar-refractivity contribution < 1.29 is 8.42 Å². The number of aryl methyl sites for hydroxylation is 2. The number of hydrogen-bond donors (Lipinski definition) is 1. The SMILES string of the molecule is Cc1ccc(Nc2nc(C)cc(N3CCN(S(=O)(=O)c4ccc(C(C)(C)C)cc4)CC3)n2)cc1. The Labute approximate surface area is 202 Å². The van der Waals surface area contributed by atoms with Crippen molar-refractivity contribution in [2.45, 2.75) is 44.9 Å². The van der Waals surface area contributed by atoms with Crippen LogP contribution in [0.1, 0.15) is 37.6 Å². The second-order valence-electron chi connectivity index (χ2n) is 9.85. The van der Waals surface area contributed by atoms with Crippen LogP contribution >= 0.6 is 0 Å². The van der Waals surface area contributed by atoms with E-state index in [4.69, 9.17) is 0 Å². The molecule has 7 nitrogen and oxygen atoms in total. The van der Waals surface area contributed by atoms with Crippen molar-refractivity contribution in [1.29, 1.82) is 0 Å². The molecule has 0 unspecified atom stereocenters. The zero-order valence-electron chi connectivity index (χ0n) is 20.5. The molecule has 2 aromatic carbocycles. The number of hydrogen-bond acceptors (Lipinski definition) is 6. The van der Waals surface area contributed by atoms with Crippen LogP contribution < -0.4 is 10.2 Å². The number of benzene rings is 2. The minimum absolute atomic E-state index is 0.0171. The fourth-order valence-corrected chi connectivity index (χ4v) is 5.39. The highest BCUT2D eigenvalue weighted by Crippen LogP contribution is 2.26.